The number of phenols is 1. The van der Waals surface area contributed by atoms with Crippen molar-refractivity contribution in [3.63, 3.8) is 0 Å². The number of carbonyl (C=O) groups excluding carboxylic acids is 1. The van der Waals surface area contributed by atoms with Crippen LogP contribution in [-0.2, 0) is 11.3 Å². The van der Waals surface area contributed by atoms with Crippen LogP contribution in [0.2, 0.25) is 0 Å². The minimum Gasteiger partial charge on any atom is -0.508 e. The van der Waals surface area contributed by atoms with Gasteiger partial charge in [-0.3, -0.25) is 4.40 Å². The first-order valence-electron chi connectivity index (χ1n) is 9.75. The summed E-state index contributed by atoms with van der Waals surface area (Å²) in [7, 11) is 0. The van der Waals surface area contributed by atoms with Crippen LogP contribution >= 0.6 is 11.3 Å². The predicted molar refractivity (Wildman–Crippen MR) is 119 cm³/mol. The van der Waals surface area contributed by atoms with Crippen molar-refractivity contribution < 1.29 is 14.6 Å². The lowest BCUT2D eigenvalue weighted by Gasteiger charge is -2.10. The molecule has 0 aliphatic heterocycles. The molecule has 154 valence electrons. The van der Waals surface area contributed by atoms with E-state index in [0.29, 0.717) is 23.0 Å². The van der Waals surface area contributed by atoms with Gasteiger partial charge in [0.2, 0.25) is 0 Å². The molecule has 2 N–H and O–H groups in total. The van der Waals surface area contributed by atoms with E-state index in [9.17, 15) is 9.90 Å². The topological polar surface area (TPSA) is 75.9 Å². The first-order valence-corrected chi connectivity index (χ1v) is 10.6. The Labute approximate surface area is 178 Å². The van der Waals surface area contributed by atoms with Crippen LogP contribution < -0.4 is 5.32 Å². The zero-order valence-electron chi connectivity index (χ0n) is 17.1. The molecule has 4 aromatic rings. The van der Waals surface area contributed by atoms with Gasteiger partial charge in [-0.25, -0.2) is 9.78 Å². The number of rotatable bonds is 6. The molecule has 2 aromatic carbocycles. The molecule has 0 spiro atoms. The van der Waals surface area contributed by atoms with Crippen molar-refractivity contribution in [2.75, 3.05) is 11.9 Å². The van der Waals surface area contributed by atoms with Crippen molar-refractivity contribution in [3.05, 3.63) is 70.2 Å². The van der Waals surface area contributed by atoms with Crippen molar-refractivity contribution in [3.8, 4) is 17.0 Å². The number of anilines is 1. The summed E-state index contributed by atoms with van der Waals surface area (Å²) in [5, 5.41) is 13.2. The molecule has 6 nitrogen and oxygen atoms in total. The summed E-state index contributed by atoms with van der Waals surface area (Å²) in [5.41, 5.74) is 4.80. The fourth-order valence-electron chi connectivity index (χ4n) is 3.31. The number of phenolic OH excluding ortho intramolecular Hbond substituents is 1. The lowest BCUT2D eigenvalue weighted by Crippen LogP contribution is -2.07. The Morgan fingerprint density at radius 2 is 1.83 bits per heavy atom. The number of hydrogen-bond acceptors (Lipinski definition) is 6. The summed E-state index contributed by atoms with van der Waals surface area (Å²) < 4.78 is 7.16. The SMILES string of the molecule is CCOC(=O)c1sc2nc(-c3ccc(O)cc3)c(NCc3ccc(C)cc3)n2c1C. The van der Waals surface area contributed by atoms with Gasteiger partial charge in [-0.1, -0.05) is 41.2 Å². The maximum absolute atomic E-state index is 12.3. The smallest absolute Gasteiger partial charge is 0.350 e. The number of aryl methyl sites for hydroxylation is 2. The average molecular weight is 422 g/mol. The van der Waals surface area contributed by atoms with Gasteiger partial charge in [0.05, 0.1) is 6.61 Å². The van der Waals surface area contributed by atoms with E-state index in [1.807, 2.05) is 23.5 Å². The molecule has 0 aliphatic carbocycles. The van der Waals surface area contributed by atoms with Crippen molar-refractivity contribution in [2.45, 2.75) is 27.3 Å². The highest BCUT2D eigenvalue weighted by atomic mass is 32.1. The molecular formula is C23H23N3O3S. The molecule has 4 rings (SSSR count). The van der Waals surface area contributed by atoms with E-state index in [4.69, 9.17) is 9.72 Å². The third-order valence-electron chi connectivity index (χ3n) is 4.89. The van der Waals surface area contributed by atoms with Crippen LogP contribution in [0.15, 0.2) is 48.5 Å². The Kier molecular flexibility index (Phi) is 5.46. The van der Waals surface area contributed by atoms with E-state index >= 15 is 0 Å². The molecule has 2 aromatic heterocycles. The van der Waals surface area contributed by atoms with E-state index in [0.717, 1.165) is 28.3 Å². The Balaban J connectivity index is 1.79. The number of aromatic hydroxyl groups is 1. The van der Waals surface area contributed by atoms with Gasteiger partial charge in [0, 0.05) is 17.8 Å². The normalized spacial score (nSPS) is 11.0. The van der Waals surface area contributed by atoms with Gasteiger partial charge in [-0.15, -0.1) is 0 Å². The van der Waals surface area contributed by atoms with Gasteiger partial charge in [0.1, 0.15) is 22.1 Å². The van der Waals surface area contributed by atoms with Crippen LogP contribution in [0.1, 0.15) is 33.4 Å². The van der Waals surface area contributed by atoms with Crippen LogP contribution in [0, 0.1) is 13.8 Å². The monoisotopic (exact) mass is 421 g/mol. The third-order valence-corrected chi connectivity index (χ3v) is 6.01. The summed E-state index contributed by atoms with van der Waals surface area (Å²) in [6, 6.07) is 15.3. The van der Waals surface area contributed by atoms with E-state index < -0.39 is 0 Å². The number of aromatic nitrogens is 2. The molecule has 2 heterocycles. The molecular weight excluding hydrogens is 398 g/mol. The molecule has 0 amide bonds. The number of fused-ring (bicyclic) bond motifs is 1. The number of ether oxygens (including phenoxy) is 1. The fourth-order valence-corrected chi connectivity index (χ4v) is 4.33. The number of hydrogen-bond donors (Lipinski definition) is 2. The Morgan fingerprint density at radius 1 is 1.13 bits per heavy atom. The molecule has 0 aliphatic rings. The number of thiazole rings is 1. The molecule has 30 heavy (non-hydrogen) atoms. The summed E-state index contributed by atoms with van der Waals surface area (Å²) in [6.07, 6.45) is 0. The van der Waals surface area contributed by atoms with Crippen molar-refractivity contribution in [1.29, 1.82) is 0 Å². The minimum absolute atomic E-state index is 0.203. The predicted octanol–water partition coefficient (Wildman–Crippen LogP) is 5.17. The quantitative estimate of drug-likeness (QED) is 0.420. The molecule has 0 bridgehead atoms. The Bertz CT molecular complexity index is 1190. The highest BCUT2D eigenvalue weighted by Crippen LogP contribution is 2.35. The Hall–Kier alpha value is -3.32. The van der Waals surface area contributed by atoms with E-state index in [-0.39, 0.29) is 11.7 Å². The molecule has 0 unspecified atom stereocenters. The van der Waals surface area contributed by atoms with E-state index in [2.05, 4.69) is 36.5 Å². The lowest BCUT2D eigenvalue weighted by atomic mass is 10.1. The van der Waals surface area contributed by atoms with Gasteiger partial charge in [-0.2, -0.15) is 0 Å². The molecule has 0 saturated carbocycles. The maximum Gasteiger partial charge on any atom is 0.350 e. The fraction of sp³-hybridized carbons (Fsp3) is 0.217. The lowest BCUT2D eigenvalue weighted by molar-refractivity contribution is 0.0531. The molecule has 7 heteroatoms. The maximum atomic E-state index is 12.3. The second kappa shape index (κ2) is 8.20. The molecule has 0 atom stereocenters. The van der Waals surface area contributed by atoms with Gasteiger partial charge in [-0.05, 0) is 50.6 Å². The number of carbonyl (C=O) groups is 1. The zero-order valence-corrected chi connectivity index (χ0v) is 17.9. The first kappa shape index (κ1) is 20.0. The van der Waals surface area contributed by atoms with Gasteiger partial charge >= 0.3 is 5.97 Å². The molecule has 0 radical (unpaired) electrons. The summed E-state index contributed by atoms with van der Waals surface area (Å²) >= 11 is 1.32. The second-order valence-electron chi connectivity index (χ2n) is 7.05. The average Bonchev–Trinajstić information content (AvgIpc) is 3.25. The number of nitrogens with one attached hydrogen (secondary N) is 1. The van der Waals surface area contributed by atoms with Crippen LogP contribution in [0.5, 0.6) is 5.75 Å². The molecule has 0 saturated heterocycles. The van der Waals surface area contributed by atoms with Gasteiger partial charge in [0.15, 0.2) is 4.96 Å². The Morgan fingerprint density at radius 3 is 2.50 bits per heavy atom. The third kappa shape index (κ3) is 3.76. The van der Waals surface area contributed by atoms with Crippen LogP contribution in [0.25, 0.3) is 16.2 Å². The minimum atomic E-state index is -0.332. The summed E-state index contributed by atoms with van der Waals surface area (Å²) in [6.45, 7) is 6.70. The van der Waals surface area contributed by atoms with Crippen molar-refractivity contribution in [2.24, 2.45) is 0 Å². The highest BCUT2D eigenvalue weighted by molar-refractivity contribution is 7.19. The largest absolute Gasteiger partial charge is 0.508 e. The zero-order chi connectivity index (χ0) is 21.3. The van der Waals surface area contributed by atoms with Crippen LogP contribution in [-0.4, -0.2) is 27.1 Å². The van der Waals surface area contributed by atoms with Gasteiger partial charge in [0.25, 0.3) is 0 Å². The van der Waals surface area contributed by atoms with Crippen molar-refractivity contribution >= 4 is 28.1 Å². The second-order valence-corrected chi connectivity index (χ2v) is 8.03. The van der Waals surface area contributed by atoms with Crippen molar-refractivity contribution in [1.82, 2.24) is 9.38 Å². The standard InChI is InChI=1S/C23H23N3O3S/c1-4-29-22(28)20-15(3)26-21(24-13-16-7-5-14(2)6-8-16)19(25-23(26)30-20)17-9-11-18(27)12-10-17/h5-12,24,27H,4,13H2,1-3H3. The number of esters is 1. The molecule has 0 fully saturated rings. The number of nitrogens with zero attached hydrogens (tertiary/aromatic N) is 2. The number of imidazole rings is 1. The first-order chi connectivity index (χ1) is 14.5. The summed E-state index contributed by atoms with van der Waals surface area (Å²) in [5.74, 6) is 0.677. The van der Waals surface area contributed by atoms with E-state index in [1.165, 1.54) is 16.9 Å². The highest BCUT2D eigenvalue weighted by Gasteiger charge is 2.23. The number of benzene rings is 2. The van der Waals surface area contributed by atoms with E-state index in [1.54, 1.807) is 19.1 Å². The van der Waals surface area contributed by atoms with Crippen LogP contribution in [0.3, 0.4) is 0 Å². The summed E-state index contributed by atoms with van der Waals surface area (Å²) in [4.78, 5) is 18.4. The van der Waals surface area contributed by atoms with Crippen LogP contribution in [0.4, 0.5) is 5.82 Å². The van der Waals surface area contributed by atoms with Gasteiger partial charge < -0.3 is 15.2 Å².